The molecule has 1 saturated heterocycles. The standard InChI is InChI=1S/C10H15N3O3/c11-3-1-2-5-13-6-4-12-10(16)8(13)7-9(14)15/h8H,1-2,4-7H2,(H,12,16)(H,14,15). The highest BCUT2D eigenvalue weighted by molar-refractivity contribution is 5.86. The molecule has 1 atom stereocenters. The molecule has 88 valence electrons. The van der Waals surface area contributed by atoms with Gasteiger partial charge in [0.15, 0.2) is 0 Å². The second-order valence-electron chi connectivity index (χ2n) is 3.70. The number of carbonyl (C=O) groups is 2. The number of amides is 1. The van der Waals surface area contributed by atoms with Crippen LogP contribution in [0.3, 0.4) is 0 Å². The van der Waals surface area contributed by atoms with Crippen molar-refractivity contribution in [2.45, 2.75) is 25.3 Å². The van der Waals surface area contributed by atoms with Crippen LogP contribution in [0.5, 0.6) is 0 Å². The number of hydrogen-bond acceptors (Lipinski definition) is 4. The summed E-state index contributed by atoms with van der Waals surface area (Å²) in [5.41, 5.74) is 0. The number of nitrogens with one attached hydrogen (secondary N) is 1. The van der Waals surface area contributed by atoms with E-state index >= 15 is 0 Å². The summed E-state index contributed by atoms with van der Waals surface area (Å²) in [6.45, 7) is 1.79. The number of hydrogen-bond donors (Lipinski definition) is 2. The SMILES string of the molecule is N#CCCCN1CCNC(=O)C1CC(=O)O. The van der Waals surface area contributed by atoms with Gasteiger partial charge in [-0.05, 0) is 13.0 Å². The number of carboxylic acids is 1. The summed E-state index contributed by atoms with van der Waals surface area (Å²) in [5, 5.41) is 19.8. The first-order valence-corrected chi connectivity index (χ1v) is 5.25. The fourth-order valence-corrected chi connectivity index (χ4v) is 1.78. The molecule has 0 radical (unpaired) electrons. The van der Waals surface area contributed by atoms with Crippen molar-refractivity contribution < 1.29 is 14.7 Å². The van der Waals surface area contributed by atoms with Crippen LogP contribution in [0.25, 0.3) is 0 Å². The molecule has 1 unspecified atom stereocenters. The molecule has 0 bridgehead atoms. The topological polar surface area (TPSA) is 93.4 Å². The number of nitriles is 1. The van der Waals surface area contributed by atoms with Gasteiger partial charge in [0, 0.05) is 19.5 Å². The molecule has 1 aliphatic rings. The zero-order valence-electron chi connectivity index (χ0n) is 8.98. The predicted molar refractivity (Wildman–Crippen MR) is 55.5 cm³/mol. The van der Waals surface area contributed by atoms with E-state index in [0.717, 1.165) is 0 Å². The number of unbranched alkanes of at least 4 members (excludes halogenated alkanes) is 1. The Labute approximate surface area is 93.8 Å². The van der Waals surface area contributed by atoms with Crippen LogP contribution >= 0.6 is 0 Å². The normalized spacial score (nSPS) is 21.2. The van der Waals surface area contributed by atoms with E-state index in [4.69, 9.17) is 10.4 Å². The highest BCUT2D eigenvalue weighted by Crippen LogP contribution is 2.10. The van der Waals surface area contributed by atoms with Crippen molar-refractivity contribution in [3.63, 3.8) is 0 Å². The number of carbonyl (C=O) groups excluding carboxylic acids is 1. The number of aliphatic carboxylic acids is 1. The van der Waals surface area contributed by atoms with E-state index in [2.05, 4.69) is 5.32 Å². The fourth-order valence-electron chi connectivity index (χ4n) is 1.78. The van der Waals surface area contributed by atoms with Gasteiger partial charge in [0.25, 0.3) is 0 Å². The third-order valence-electron chi connectivity index (χ3n) is 2.54. The molecule has 1 rings (SSSR count). The molecule has 0 saturated carbocycles. The molecule has 1 aliphatic heterocycles. The van der Waals surface area contributed by atoms with E-state index in [0.29, 0.717) is 32.5 Å². The lowest BCUT2D eigenvalue weighted by Gasteiger charge is -2.33. The van der Waals surface area contributed by atoms with Gasteiger partial charge in [-0.25, -0.2) is 0 Å². The third kappa shape index (κ3) is 3.51. The Balaban J connectivity index is 2.53. The largest absolute Gasteiger partial charge is 0.481 e. The third-order valence-corrected chi connectivity index (χ3v) is 2.54. The minimum Gasteiger partial charge on any atom is -0.481 e. The molecule has 2 N–H and O–H groups in total. The van der Waals surface area contributed by atoms with Crippen LogP contribution in [0, 0.1) is 11.3 Å². The van der Waals surface area contributed by atoms with Gasteiger partial charge in [-0.15, -0.1) is 0 Å². The molecular formula is C10H15N3O3. The first-order chi connectivity index (χ1) is 7.65. The van der Waals surface area contributed by atoms with Crippen molar-refractivity contribution in [2.24, 2.45) is 0 Å². The average Bonchev–Trinajstić information content (AvgIpc) is 2.23. The molecule has 16 heavy (non-hydrogen) atoms. The molecule has 1 fully saturated rings. The molecule has 0 aromatic carbocycles. The van der Waals surface area contributed by atoms with Gasteiger partial charge >= 0.3 is 5.97 Å². The summed E-state index contributed by atoms with van der Waals surface area (Å²) in [5.74, 6) is -1.21. The highest BCUT2D eigenvalue weighted by Gasteiger charge is 2.30. The molecule has 0 aromatic rings. The molecule has 0 aliphatic carbocycles. The molecule has 1 amide bonds. The summed E-state index contributed by atoms with van der Waals surface area (Å²) in [6, 6.07) is 1.44. The molecule has 6 nitrogen and oxygen atoms in total. The number of nitrogens with zero attached hydrogens (tertiary/aromatic N) is 2. The lowest BCUT2D eigenvalue weighted by molar-refractivity contribution is -0.143. The number of carboxylic acid groups (broad SMARTS) is 1. The fraction of sp³-hybridized carbons (Fsp3) is 0.700. The minimum atomic E-state index is -0.979. The van der Waals surface area contributed by atoms with Gasteiger partial charge in [-0.1, -0.05) is 0 Å². The van der Waals surface area contributed by atoms with Crippen molar-refractivity contribution in [3.8, 4) is 6.07 Å². The lowest BCUT2D eigenvalue weighted by atomic mass is 10.1. The molecule has 1 heterocycles. The van der Waals surface area contributed by atoms with E-state index in [1.54, 1.807) is 0 Å². The Morgan fingerprint density at radius 2 is 2.44 bits per heavy atom. The Bertz CT molecular complexity index is 311. The first kappa shape index (κ1) is 12.5. The van der Waals surface area contributed by atoms with Gasteiger partial charge in [0.2, 0.25) is 5.91 Å². The zero-order valence-corrected chi connectivity index (χ0v) is 8.98. The van der Waals surface area contributed by atoms with Crippen molar-refractivity contribution in [2.75, 3.05) is 19.6 Å². The maximum absolute atomic E-state index is 11.5. The van der Waals surface area contributed by atoms with Crippen molar-refractivity contribution in [3.05, 3.63) is 0 Å². The molecule has 6 heteroatoms. The second kappa shape index (κ2) is 6.08. The Kier molecular flexibility index (Phi) is 4.73. The quantitative estimate of drug-likeness (QED) is 0.619. The molecular weight excluding hydrogens is 210 g/mol. The van der Waals surface area contributed by atoms with Crippen LogP contribution in [0.2, 0.25) is 0 Å². The van der Waals surface area contributed by atoms with Crippen LogP contribution in [-0.4, -0.2) is 47.6 Å². The van der Waals surface area contributed by atoms with E-state index in [9.17, 15) is 9.59 Å². The van der Waals surface area contributed by atoms with Crippen LogP contribution in [-0.2, 0) is 9.59 Å². The maximum atomic E-state index is 11.5. The van der Waals surface area contributed by atoms with Crippen LogP contribution in [0.4, 0.5) is 0 Å². The van der Waals surface area contributed by atoms with Crippen LogP contribution in [0.1, 0.15) is 19.3 Å². The van der Waals surface area contributed by atoms with E-state index in [1.165, 1.54) is 0 Å². The van der Waals surface area contributed by atoms with Crippen LogP contribution < -0.4 is 5.32 Å². The Morgan fingerprint density at radius 1 is 1.69 bits per heavy atom. The zero-order chi connectivity index (χ0) is 12.0. The average molecular weight is 225 g/mol. The summed E-state index contributed by atoms with van der Waals surface area (Å²) in [4.78, 5) is 24.0. The summed E-state index contributed by atoms with van der Waals surface area (Å²) in [6.07, 6.45) is 0.913. The van der Waals surface area contributed by atoms with Crippen molar-refractivity contribution >= 4 is 11.9 Å². The molecule has 0 aromatic heterocycles. The Morgan fingerprint density at radius 3 is 3.06 bits per heavy atom. The van der Waals surface area contributed by atoms with Gasteiger partial charge < -0.3 is 10.4 Å². The number of piperazine rings is 1. The predicted octanol–water partition coefficient (Wildman–Crippen LogP) is -0.435. The number of rotatable bonds is 5. The second-order valence-corrected chi connectivity index (χ2v) is 3.70. The van der Waals surface area contributed by atoms with Crippen LogP contribution in [0.15, 0.2) is 0 Å². The van der Waals surface area contributed by atoms with E-state index in [-0.39, 0.29) is 12.3 Å². The van der Waals surface area contributed by atoms with Gasteiger partial charge in [0.05, 0.1) is 18.5 Å². The van der Waals surface area contributed by atoms with E-state index < -0.39 is 12.0 Å². The monoisotopic (exact) mass is 225 g/mol. The Hall–Kier alpha value is -1.61. The summed E-state index contributed by atoms with van der Waals surface area (Å²) in [7, 11) is 0. The summed E-state index contributed by atoms with van der Waals surface area (Å²) < 4.78 is 0. The van der Waals surface area contributed by atoms with Crippen molar-refractivity contribution in [1.82, 2.24) is 10.2 Å². The molecule has 0 spiro atoms. The van der Waals surface area contributed by atoms with E-state index in [1.807, 2.05) is 11.0 Å². The first-order valence-electron chi connectivity index (χ1n) is 5.25. The van der Waals surface area contributed by atoms with Gasteiger partial charge in [0.1, 0.15) is 0 Å². The maximum Gasteiger partial charge on any atom is 0.305 e. The summed E-state index contributed by atoms with van der Waals surface area (Å²) >= 11 is 0. The lowest BCUT2D eigenvalue weighted by Crippen LogP contribution is -2.56. The minimum absolute atomic E-state index is 0.182. The smallest absolute Gasteiger partial charge is 0.305 e. The van der Waals surface area contributed by atoms with Gasteiger partial charge in [-0.2, -0.15) is 5.26 Å². The van der Waals surface area contributed by atoms with Crippen molar-refractivity contribution in [1.29, 1.82) is 5.26 Å². The highest BCUT2D eigenvalue weighted by atomic mass is 16.4. The van der Waals surface area contributed by atoms with Gasteiger partial charge in [-0.3, -0.25) is 14.5 Å².